The van der Waals surface area contributed by atoms with Crippen molar-refractivity contribution in [3.8, 4) is 11.5 Å². The summed E-state index contributed by atoms with van der Waals surface area (Å²) in [6.07, 6.45) is 2.19. The van der Waals surface area contributed by atoms with Crippen LogP contribution in [-0.4, -0.2) is 70.3 Å². The van der Waals surface area contributed by atoms with Gasteiger partial charge < -0.3 is 35.2 Å². The normalized spacial score (nSPS) is 13.8. The van der Waals surface area contributed by atoms with Crippen molar-refractivity contribution in [2.75, 3.05) is 69.0 Å². The lowest BCUT2D eigenvalue weighted by Gasteiger charge is -2.33. The summed E-state index contributed by atoms with van der Waals surface area (Å²) in [5, 5.41) is 8.73. The predicted molar refractivity (Wildman–Crippen MR) is 149 cm³/mol. The Morgan fingerprint density at radius 3 is 2.16 bits per heavy atom. The molecule has 9 nitrogen and oxygen atoms in total. The highest BCUT2D eigenvalue weighted by atomic mass is 16.5. The quantitative estimate of drug-likeness (QED) is 0.406. The lowest BCUT2D eigenvalue weighted by molar-refractivity contribution is 0.0949. The number of hydrogen-bond acceptors (Lipinski definition) is 6. The highest BCUT2D eigenvalue weighted by molar-refractivity contribution is 6.04. The van der Waals surface area contributed by atoms with Crippen LogP contribution in [-0.2, 0) is 0 Å². The summed E-state index contributed by atoms with van der Waals surface area (Å²) in [5.74, 6) is 1.68. The Hall–Kier alpha value is -3.46. The van der Waals surface area contributed by atoms with Gasteiger partial charge in [0, 0.05) is 61.4 Å². The van der Waals surface area contributed by atoms with Crippen LogP contribution in [0.25, 0.3) is 0 Å². The van der Waals surface area contributed by atoms with Gasteiger partial charge in [-0.15, -0.1) is 0 Å². The largest absolute Gasteiger partial charge is 0.497 e. The van der Waals surface area contributed by atoms with E-state index in [1.54, 1.807) is 38.5 Å². The number of rotatable bonds is 11. The number of amides is 3. The molecule has 3 amide bonds. The van der Waals surface area contributed by atoms with Crippen LogP contribution in [0, 0.1) is 5.92 Å². The first-order valence-corrected chi connectivity index (χ1v) is 13.1. The number of carbonyl (C=O) groups is 2. The van der Waals surface area contributed by atoms with E-state index in [0.29, 0.717) is 40.9 Å². The van der Waals surface area contributed by atoms with Gasteiger partial charge in [-0.1, -0.05) is 20.8 Å². The molecule has 0 radical (unpaired) electrons. The summed E-state index contributed by atoms with van der Waals surface area (Å²) in [4.78, 5) is 30.6. The molecule has 3 N–H and O–H groups in total. The Morgan fingerprint density at radius 2 is 1.57 bits per heavy atom. The Labute approximate surface area is 220 Å². The SMILES string of the molecule is CCN(CC)CCNC(=O)c1cc(NC(=O)Nc2cc(OC)cc(OC)c2)ccc1N1CCC(C)CC1. The first-order chi connectivity index (χ1) is 17.9. The molecule has 9 heteroatoms. The van der Waals surface area contributed by atoms with Crippen LogP contribution >= 0.6 is 0 Å². The number of anilines is 3. The summed E-state index contributed by atoms with van der Waals surface area (Å²) in [6, 6.07) is 10.2. The maximum absolute atomic E-state index is 13.3. The molecule has 1 aliphatic heterocycles. The summed E-state index contributed by atoms with van der Waals surface area (Å²) in [5.41, 5.74) is 2.53. The monoisotopic (exact) mass is 511 g/mol. The van der Waals surface area contributed by atoms with E-state index in [9.17, 15) is 9.59 Å². The number of ether oxygens (including phenoxy) is 2. The highest BCUT2D eigenvalue weighted by Crippen LogP contribution is 2.29. The van der Waals surface area contributed by atoms with Gasteiger partial charge in [0.2, 0.25) is 0 Å². The van der Waals surface area contributed by atoms with Crippen LogP contribution in [0.5, 0.6) is 11.5 Å². The van der Waals surface area contributed by atoms with E-state index in [1.807, 2.05) is 12.1 Å². The zero-order chi connectivity index (χ0) is 26.8. The predicted octanol–water partition coefficient (Wildman–Crippen LogP) is 4.66. The second-order valence-electron chi connectivity index (χ2n) is 9.36. The number of carbonyl (C=O) groups excluding carboxylic acids is 2. The maximum atomic E-state index is 13.3. The zero-order valence-electron chi connectivity index (χ0n) is 22.7. The maximum Gasteiger partial charge on any atom is 0.323 e. The number of nitrogens with one attached hydrogen (secondary N) is 3. The topological polar surface area (TPSA) is 95.2 Å². The summed E-state index contributed by atoms with van der Waals surface area (Å²) >= 11 is 0. The van der Waals surface area contributed by atoms with Crippen LogP contribution in [0.1, 0.15) is 44.0 Å². The number of piperidine rings is 1. The van der Waals surface area contributed by atoms with Gasteiger partial charge in [0.25, 0.3) is 5.91 Å². The summed E-state index contributed by atoms with van der Waals surface area (Å²) in [6.45, 7) is 11.5. The smallest absolute Gasteiger partial charge is 0.323 e. The van der Waals surface area contributed by atoms with Gasteiger partial charge in [0.15, 0.2) is 0 Å². The van der Waals surface area contributed by atoms with E-state index in [4.69, 9.17) is 9.47 Å². The molecule has 3 rings (SSSR count). The molecule has 0 atom stereocenters. The van der Waals surface area contributed by atoms with Gasteiger partial charge in [-0.25, -0.2) is 4.79 Å². The minimum absolute atomic E-state index is 0.137. The summed E-state index contributed by atoms with van der Waals surface area (Å²) in [7, 11) is 3.11. The van der Waals surface area contributed by atoms with Crippen molar-refractivity contribution in [1.82, 2.24) is 10.2 Å². The van der Waals surface area contributed by atoms with Gasteiger partial charge >= 0.3 is 6.03 Å². The fourth-order valence-corrected chi connectivity index (χ4v) is 4.46. The molecule has 1 saturated heterocycles. The highest BCUT2D eigenvalue weighted by Gasteiger charge is 2.22. The fourth-order valence-electron chi connectivity index (χ4n) is 4.46. The van der Waals surface area contributed by atoms with Crippen molar-refractivity contribution in [2.45, 2.75) is 33.6 Å². The molecular formula is C28H41N5O4. The zero-order valence-corrected chi connectivity index (χ0v) is 22.7. The van der Waals surface area contributed by atoms with E-state index in [1.165, 1.54) is 0 Å². The molecule has 2 aromatic carbocycles. The Bertz CT molecular complexity index is 1030. The average molecular weight is 512 g/mol. The van der Waals surface area contributed by atoms with E-state index in [-0.39, 0.29) is 5.91 Å². The number of urea groups is 1. The molecule has 2 aromatic rings. The minimum Gasteiger partial charge on any atom is -0.497 e. The molecule has 0 aliphatic carbocycles. The standard InChI is InChI=1S/C28H41N5O4/c1-6-32(7-2)15-12-29-27(34)25-18-21(8-9-26(25)33-13-10-20(3)11-14-33)30-28(35)31-22-16-23(36-4)19-24(17-22)37-5/h8-9,16-20H,6-7,10-15H2,1-5H3,(H,29,34)(H2,30,31,35). The molecular weight excluding hydrogens is 470 g/mol. The molecule has 0 bridgehead atoms. The van der Waals surface area contributed by atoms with Crippen molar-refractivity contribution in [3.63, 3.8) is 0 Å². The molecule has 0 aromatic heterocycles. The van der Waals surface area contributed by atoms with Crippen molar-refractivity contribution in [1.29, 1.82) is 0 Å². The molecule has 202 valence electrons. The summed E-state index contributed by atoms with van der Waals surface area (Å²) < 4.78 is 10.5. The Kier molecular flexibility index (Phi) is 10.4. The molecule has 0 saturated carbocycles. The van der Waals surface area contributed by atoms with Crippen LogP contribution in [0.15, 0.2) is 36.4 Å². The molecule has 0 unspecified atom stereocenters. The number of nitrogens with zero attached hydrogens (tertiary/aromatic N) is 2. The Morgan fingerprint density at radius 1 is 0.946 bits per heavy atom. The van der Waals surface area contributed by atoms with Crippen LogP contribution < -0.4 is 30.3 Å². The number of hydrogen-bond donors (Lipinski definition) is 3. The van der Waals surface area contributed by atoms with Crippen molar-refractivity contribution < 1.29 is 19.1 Å². The number of likely N-dealkylation sites (N-methyl/N-ethyl adjacent to an activating group) is 1. The lowest BCUT2D eigenvalue weighted by Crippen LogP contribution is -2.37. The average Bonchev–Trinajstić information content (AvgIpc) is 2.91. The second kappa shape index (κ2) is 13.7. The Balaban J connectivity index is 1.76. The number of methoxy groups -OCH3 is 2. The van der Waals surface area contributed by atoms with E-state index in [0.717, 1.165) is 51.3 Å². The molecule has 37 heavy (non-hydrogen) atoms. The van der Waals surface area contributed by atoms with Crippen LogP contribution in [0.2, 0.25) is 0 Å². The minimum atomic E-state index is -0.428. The van der Waals surface area contributed by atoms with E-state index >= 15 is 0 Å². The van der Waals surface area contributed by atoms with E-state index in [2.05, 4.69) is 46.5 Å². The van der Waals surface area contributed by atoms with Gasteiger partial charge in [-0.2, -0.15) is 0 Å². The first kappa shape index (κ1) is 28.1. The third-order valence-electron chi connectivity index (χ3n) is 6.84. The van der Waals surface area contributed by atoms with Crippen molar-refractivity contribution in [2.24, 2.45) is 5.92 Å². The van der Waals surface area contributed by atoms with Gasteiger partial charge in [0.1, 0.15) is 11.5 Å². The fraction of sp³-hybridized carbons (Fsp3) is 0.500. The molecule has 0 spiro atoms. The molecule has 1 heterocycles. The van der Waals surface area contributed by atoms with Crippen LogP contribution in [0.3, 0.4) is 0 Å². The third kappa shape index (κ3) is 8.01. The van der Waals surface area contributed by atoms with Crippen molar-refractivity contribution in [3.05, 3.63) is 42.0 Å². The molecule has 1 fully saturated rings. The second-order valence-corrected chi connectivity index (χ2v) is 9.36. The van der Waals surface area contributed by atoms with Gasteiger partial charge in [-0.05, 0) is 50.0 Å². The number of benzene rings is 2. The van der Waals surface area contributed by atoms with Crippen LogP contribution in [0.4, 0.5) is 21.9 Å². The van der Waals surface area contributed by atoms with Crippen molar-refractivity contribution >= 4 is 29.0 Å². The van der Waals surface area contributed by atoms with E-state index < -0.39 is 6.03 Å². The third-order valence-corrected chi connectivity index (χ3v) is 6.84. The molecule has 1 aliphatic rings. The van der Waals surface area contributed by atoms with Gasteiger partial charge in [0.05, 0.1) is 19.8 Å². The van der Waals surface area contributed by atoms with Gasteiger partial charge in [-0.3, -0.25) is 4.79 Å². The first-order valence-electron chi connectivity index (χ1n) is 13.1. The lowest BCUT2D eigenvalue weighted by atomic mass is 9.98.